The zero-order chi connectivity index (χ0) is 29.3. The molecule has 1 aromatic carbocycles. The second-order valence-corrected chi connectivity index (χ2v) is 19.0. The van der Waals surface area contributed by atoms with Crippen LogP contribution in [0.25, 0.3) is 0 Å². The van der Waals surface area contributed by atoms with Gasteiger partial charge in [-0.25, -0.2) is 0 Å². The highest BCUT2D eigenvalue weighted by Gasteiger charge is 2.47. The van der Waals surface area contributed by atoms with Crippen molar-refractivity contribution in [1.29, 1.82) is 0 Å². The van der Waals surface area contributed by atoms with Crippen LogP contribution in [0.1, 0.15) is 124 Å². The molecule has 1 aliphatic carbocycles. The quantitative estimate of drug-likeness (QED) is 0.341. The van der Waals surface area contributed by atoms with Crippen molar-refractivity contribution in [3.05, 3.63) is 63.5 Å². The summed E-state index contributed by atoms with van der Waals surface area (Å²) < 4.78 is 59.6. The number of alkyl halides is 3. The van der Waals surface area contributed by atoms with Crippen LogP contribution in [0.3, 0.4) is 0 Å². The summed E-state index contributed by atoms with van der Waals surface area (Å²) in [7, 11) is -2.13. The lowest BCUT2D eigenvalue weighted by molar-refractivity contribution is -0.137. The van der Waals surface area contributed by atoms with E-state index < -0.39 is 26.2 Å². The Morgan fingerprint density at radius 2 is 1.60 bits per heavy atom. The molecule has 1 aromatic heterocycles. The lowest BCUT2D eigenvalue weighted by Crippen LogP contribution is -2.44. The Bertz CT molecular complexity index is 1240. The van der Waals surface area contributed by atoms with Crippen LogP contribution in [0.4, 0.5) is 13.2 Å². The molecule has 3 aliphatic rings. The van der Waals surface area contributed by atoms with Gasteiger partial charge in [0.2, 0.25) is 0 Å². The summed E-state index contributed by atoms with van der Waals surface area (Å²) in [5.74, 6) is 0.261. The van der Waals surface area contributed by atoms with Crippen LogP contribution in [0.15, 0.2) is 24.3 Å². The van der Waals surface area contributed by atoms with Crippen LogP contribution in [0.5, 0.6) is 0 Å². The van der Waals surface area contributed by atoms with E-state index in [2.05, 4.69) is 47.7 Å². The van der Waals surface area contributed by atoms with Crippen LogP contribution >= 0.6 is 0 Å². The highest BCUT2D eigenvalue weighted by Crippen LogP contribution is 2.54. The number of halogens is 3. The van der Waals surface area contributed by atoms with Gasteiger partial charge in [0.1, 0.15) is 6.10 Å². The van der Waals surface area contributed by atoms with Crippen molar-refractivity contribution in [1.82, 2.24) is 4.98 Å². The topological polar surface area (TPSA) is 40.6 Å². The largest absolute Gasteiger partial charge is 0.416 e. The van der Waals surface area contributed by atoms with Gasteiger partial charge in [-0.05, 0) is 85.3 Å². The molecule has 0 spiro atoms. The maximum Gasteiger partial charge on any atom is 0.416 e. The first-order valence-electron chi connectivity index (χ1n) is 14.6. The van der Waals surface area contributed by atoms with E-state index in [1.54, 1.807) is 12.1 Å². The molecule has 3 heterocycles. The predicted octanol–water partition coefficient (Wildman–Crippen LogP) is 9.21. The molecule has 2 unspecified atom stereocenters. The van der Waals surface area contributed by atoms with E-state index in [1.807, 2.05) is 6.92 Å². The Labute approximate surface area is 238 Å². The van der Waals surface area contributed by atoms with Crippen LogP contribution < -0.4 is 0 Å². The Hall–Kier alpha value is -1.74. The van der Waals surface area contributed by atoms with Crippen molar-refractivity contribution in [3.8, 4) is 0 Å². The van der Waals surface area contributed by atoms with Crippen molar-refractivity contribution in [2.75, 3.05) is 13.2 Å². The average molecular weight is 576 g/mol. The number of benzene rings is 1. The van der Waals surface area contributed by atoms with E-state index in [0.717, 1.165) is 60.3 Å². The fourth-order valence-corrected chi connectivity index (χ4v) is 7.67. The van der Waals surface area contributed by atoms with Gasteiger partial charge in [0.05, 0.1) is 23.5 Å². The van der Waals surface area contributed by atoms with Crippen LogP contribution in [-0.2, 0) is 26.5 Å². The van der Waals surface area contributed by atoms with Crippen molar-refractivity contribution in [2.45, 2.75) is 116 Å². The van der Waals surface area contributed by atoms with Crippen LogP contribution in [0, 0.1) is 5.41 Å². The highest BCUT2D eigenvalue weighted by atomic mass is 28.4. The van der Waals surface area contributed by atoms with E-state index in [9.17, 15) is 13.2 Å². The zero-order valence-corrected chi connectivity index (χ0v) is 26.2. The Morgan fingerprint density at radius 3 is 2.17 bits per heavy atom. The summed E-state index contributed by atoms with van der Waals surface area (Å²) in [4.78, 5) is 5.30. The smallest absolute Gasteiger partial charge is 0.410 e. The van der Waals surface area contributed by atoms with Gasteiger partial charge in [-0.15, -0.1) is 0 Å². The molecule has 3 atom stereocenters. The fourth-order valence-electron chi connectivity index (χ4n) is 6.40. The molecule has 0 saturated carbocycles. The van der Waals surface area contributed by atoms with Crippen LogP contribution in [-0.4, -0.2) is 26.5 Å². The van der Waals surface area contributed by atoms with Gasteiger partial charge < -0.3 is 13.9 Å². The molecule has 0 N–H and O–H groups in total. The minimum absolute atomic E-state index is 0.0315. The summed E-state index contributed by atoms with van der Waals surface area (Å²) in [6.45, 7) is 19.4. The standard InChI is InChI=1S/C32H44F3NO3Si/c1-19-28-27(29(38-19)21-9-11-22(12-10-21)32(33,34)35)25(20-13-15-37-16-14-20)26-23(36-28)17-31(5,6)18-24(26)39-40(7,8)30(2,3)4/h9-12,19-20,24,29H,13-18H2,1-8H3/t19?,24-,29?/m0/s1. The summed E-state index contributed by atoms with van der Waals surface area (Å²) in [6, 6.07) is 5.45. The minimum Gasteiger partial charge on any atom is -0.410 e. The summed E-state index contributed by atoms with van der Waals surface area (Å²) in [5, 5.41) is 0.0537. The van der Waals surface area contributed by atoms with Gasteiger partial charge in [-0.2, -0.15) is 13.2 Å². The van der Waals surface area contributed by atoms with E-state index >= 15 is 0 Å². The number of fused-ring (bicyclic) bond motifs is 2. The second kappa shape index (κ2) is 10.2. The van der Waals surface area contributed by atoms with Gasteiger partial charge in [0.25, 0.3) is 0 Å². The van der Waals surface area contributed by atoms with E-state index in [0.29, 0.717) is 13.2 Å². The molecular weight excluding hydrogens is 531 g/mol. The molecule has 0 bridgehead atoms. The predicted molar refractivity (Wildman–Crippen MR) is 153 cm³/mol. The third kappa shape index (κ3) is 5.53. The Balaban J connectivity index is 1.71. The highest BCUT2D eigenvalue weighted by molar-refractivity contribution is 6.74. The second-order valence-electron chi connectivity index (χ2n) is 14.3. The number of rotatable bonds is 4. The molecular formula is C32H44F3NO3Si. The third-order valence-corrected chi connectivity index (χ3v) is 14.0. The minimum atomic E-state index is -4.38. The van der Waals surface area contributed by atoms with Crippen molar-refractivity contribution in [3.63, 3.8) is 0 Å². The summed E-state index contributed by atoms with van der Waals surface area (Å²) >= 11 is 0. The van der Waals surface area contributed by atoms with Crippen molar-refractivity contribution < 1.29 is 27.1 Å². The molecule has 2 aromatic rings. The molecule has 0 amide bonds. The van der Waals surface area contributed by atoms with Crippen molar-refractivity contribution >= 4 is 8.32 Å². The van der Waals surface area contributed by atoms with E-state index in [1.165, 1.54) is 11.1 Å². The molecule has 40 heavy (non-hydrogen) atoms. The van der Waals surface area contributed by atoms with Gasteiger partial charge >= 0.3 is 6.18 Å². The molecule has 2 aliphatic heterocycles. The Morgan fingerprint density at radius 1 is 0.975 bits per heavy atom. The number of nitrogens with zero attached hydrogens (tertiary/aromatic N) is 1. The molecule has 8 heteroatoms. The van der Waals surface area contributed by atoms with Gasteiger partial charge in [-0.1, -0.05) is 46.8 Å². The Kier molecular flexibility index (Phi) is 7.59. The molecule has 0 radical (unpaired) electrons. The normalized spacial score (nSPS) is 25.5. The fraction of sp³-hybridized carbons (Fsp3) is 0.656. The lowest BCUT2D eigenvalue weighted by Gasteiger charge is -2.45. The van der Waals surface area contributed by atoms with E-state index in [-0.39, 0.29) is 28.6 Å². The molecule has 1 fully saturated rings. The lowest BCUT2D eigenvalue weighted by atomic mass is 9.70. The SMILES string of the molecule is CC1OC(c2ccc(C(F)(F)F)cc2)c2c1nc1c(c2C2CCOCC2)[C@@H](O[Si](C)(C)C(C)(C)C)CC(C)(C)C1. The first kappa shape index (κ1) is 29.7. The van der Waals surface area contributed by atoms with Crippen LogP contribution in [0.2, 0.25) is 18.1 Å². The first-order chi connectivity index (χ1) is 18.5. The third-order valence-electron chi connectivity index (χ3n) is 9.53. The molecule has 1 saturated heterocycles. The zero-order valence-electron chi connectivity index (χ0n) is 25.2. The maximum atomic E-state index is 13.4. The van der Waals surface area contributed by atoms with Gasteiger partial charge in [-0.3, -0.25) is 4.98 Å². The number of hydrogen-bond acceptors (Lipinski definition) is 4. The number of aromatic nitrogens is 1. The molecule has 220 valence electrons. The number of hydrogen-bond donors (Lipinski definition) is 0. The first-order valence-corrected chi connectivity index (χ1v) is 17.5. The monoisotopic (exact) mass is 575 g/mol. The maximum absolute atomic E-state index is 13.4. The van der Waals surface area contributed by atoms with Gasteiger partial charge in [0.15, 0.2) is 8.32 Å². The molecule has 4 nitrogen and oxygen atoms in total. The summed E-state index contributed by atoms with van der Waals surface area (Å²) in [6.07, 6.45) is -1.62. The number of ether oxygens (including phenoxy) is 2. The average Bonchev–Trinajstić information content (AvgIpc) is 3.17. The van der Waals surface area contributed by atoms with E-state index in [4.69, 9.17) is 18.9 Å². The number of pyridine rings is 1. The summed E-state index contributed by atoms with van der Waals surface area (Å²) in [5.41, 5.74) is 5.65. The van der Waals surface area contributed by atoms with Crippen molar-refractivity contribution in [2.24, 2.45) is 5.41 Å². The molecule has 5 rings (SSSR count). The van der Waals surface area contributed by atoms with Gasteiger partial charge in [0, 0.05) is 30.0 Å².